The highest BCUT2D eigenvalue weighted by Crippen LogP contribution is 2.20. The molecule has 2 unspecified atom stereocenters. The van der Waals surface area contributed by atoms with Gasteiger partial charge < -0.3 is 4.74 Å². The minimum Gasteiger partial charge on any atom is -0.381 e. The van der Waals surface area contributed by atoms with Gasteiger partial charge in [0.1, 0.15) is 6.17 Å². The number of ether oxygens (including phenoxy) is 1. The number of alkyl halides is 1. The third kappa shape index (κ3) is 1.65. The topological polar surface area (TPSA) is 9.23 Å². The Balaban J connectivity index is 2.24. The second kappa shape index (κ2) is 3.16. The lowest BCUT2D eigenvalue weighted by Gasteiger charge is -2.09. The van der Waals surface area contributed by atoms with Crippen LogP contribution >= 0.6 is 0 Å². The molecular formula is C7H13FO. The summed E-state index contributed by atoms with van der Waals surface area (Å²) in [5.41, 5.74) is 0. The Bertz CT molecular complexity index is 79.0. The molecule has 0 N–H and O–H groups in total. The average molecular weight is 132 g/mol. The molecule has 0 amide bonds. The van der Waals surface area contributed by atoms with Gasteiger partial charge in [-0.2, -0.15) is 0 Å². The molecule has 0 aliphatic carbocycles. The van der Waals surface area contributed by atoms with Crippen LogP contribution in [0.2, 0.25) is 0 Å². The molecule has 54 valence electrons. The minimum atomic E-state index is -0.632. The second-order valence-corrected chi connectivity index (χ2v) is 2.55. The van der Waals surface area contributed by atoms with Crippen LogP contribution in [0, 0.1) is 5.92 Å². The van der Waals surface area contributed by atoms with Gasteiger partial charge >= 0.3 is 0 Å². The van der Waals surface area contributed by atoms with E-state index < -0.39 is 6.17 Å². The van der Waals surface area contributed by atoms with Crippen LogP contribution < -0.4 is 0 Å². The second-order valence-electron chi connectivity index (χ2n) is 2.55. The number of hydrogen-bond acceptors (Lipinski definition) is 1. The molecule has 1 fully saturated rings. The van der Waals surface area contributed by atoms with Crippen molar-refractivity contribution in [1.82, 2.24) is 0 Å². The summed E-state index contributed by atoms with van der Waals surface area (Å²) in [6.45, 7) is 3.27. The zero-order valence-electron chi connectivity index (χ0n) is 5.77. The van der Waals surface area contributed by atoms with E-state index in [1.165, 1.54) is 0 Å². The molecule has 0 aromatic heterocycles. The molecule has 2 heteroatoms. The van der Waals surface area contributed by atoms with E-state index in [4.69, 9.17) is 4.74 Å². The summed E-state index contributed by atoms with van der Waals surface area (Å²) in [5, 5.41) is 0. The Morgan fingerprint density at radius 1 is 1.78 bits per heavy atom. The summed E-state index contributed by atoms with van der Waals surface area (Å²) in [6.07, 6.45) is 0.913. The lowest BCUT2D eigenvalue weighted by molar-refractivity contribution is 0.153. The Morgan fingerprint density at radius 2 is 2.56 bits per heavy atom. The SMILES string of the molecule is CCC(F)C1CCOC1. The van der Waals surface area contributed by atoms with E-state index in [9.17, 15) is 4.39 Å². The van der Waals surface area contributed by atoms with Crippen LogP contribution in [0.15, 0.2) is 0 Å². The zero-order chi connectivity index (χ0) is 6.69. The van der Waals surface area contributed by atoms with Gasteiger partial charge in [-0.1, -0.05) is 6.92 Å². The molecule has 0 aromatic carbocycles. The molecule has 1 aliphatic rings. The van der Waals surface area contributed by atoms with Gasteiger partial charge in [0.25, 0.3) is 0 Å². The summed E-state index contributed by atoms with van der Waals surface area (Å²) >= 11 is 0. The summed E-state index contributed by atoms with van der Waals surface area (Å²) in [7, 11) is 0. The maximum atomic E-state index is 12.8. The van der Waals surface area contributed by atoms with Crippen LogP contribution in [0.3, 0.4) is 0 Å². The summed E-state index contributed by atoms with van der Waals surface area (Å²) in [4.78, 5) is 0. The van der Waals surface area contributed by atoms with Gasteiger partial charge in [0.2, 0.25) is 0 Å². The predicted octanol–water partition coefficient (Wildman–Crippen LogP) is 1.77. The van der Waals surface area contributed by atoms with Crippen LogP contribution in [0.4, 0.5) is 4.39 Å². The monoisotopic (exact) mass is 132 g/mol. The molecule has 1 saturated heterocycles. The van der Waals surface area contributed by atoms with Gasteiger partial charge in [-0.25, -0.2) is 4.39 Å². The fourth-order valence-corrected chi connectivity index (χ4v) is 1.17. The molecule has 1 rings (SSSR count). The first kappa shape index (κ1) is 7.00. The smallest absolute Gasteiger partial charge is 0.105 e. The van der Waals surface area contributed by atoms with E-state index in [-0.39, 0.29) is 5.92 Å². The largest absolute Gasteiger partial charge is 0.381 e. The lowest BCUT2D eigenvalue weighted by atomic mass is 10.0. The molecule has 1 aliphatic heterocycles. The van der Waals surface area contributed by atoms with Gasteiger partial charge in [-0.3, -0.25) is 0 Å². The molecule has 0 bridgehead atoms. The first-order valence-electron chi connectivity index (χ1n) is 3.56. The van der Waals surface area contributed by atoms with Crippen molar-refractivity contribution in [2.75, 3.05) is 13.2 Å². The van der Waals surface area contributed by atoms with E-state index in [0.717, 1.165) is 13.0 Å². The van der Waals surface area contributed by atoms with Crippen molar-refractivity contribution in [1.29, 1.82) is 0 Å². The highest BCUT2D eigenvalue weighted by atomic mass is 19.1. The maximum absolute atomic E-state index is 12.8. The van der Waals surface area contributed by atoms with Gasteiger partial charge in [0.05, 0.1) is 6.61 Å². The molecule has 9 heavy (non-hydrogen) atoms. The highest BCUT2D eigenvalue weighted by Gasteiger charge is 2.23. The molecule has 0 saturated carbocycles. The standard InChI is InChI=1S/C7H13FO/c1-2-7(8)6-3-4-9-5-6/h6-7H,2-5H2,1H3. The fourth-order valence-electron chi connectivity index (χ4n) is 1.17. The molecule has 1 nitrogen and oxygen atoms in total. The summed E-state index contributed by atoms with van der Waals surface area (Å²) in [5.74, 6) is 0.190. The van der Waals surface area contributed by atoms with Crippen molar-refractivity contribution in [3.63, 3.8) is 0 Å². The lowest BCUT2D eigenvalue weighted by Crippen LogP contribution is -2.14. The third-order valence-electron chi connectivity index (χ3n) is 1.87. The van der Waals surface area contributed by atoms with Crippen LogP contribution in [0.25, 0.3) is 0 Å². The normalized spacial score (nSPS) is 30.7. The van der Waals surface area contributed by atoms with Crippen molar-refractivity contribution in [2.24, 2.45) is 5.92 Å². The van der Waals surface area contributed by atoms with E-state index >= 15 is 0 Å². The first-order chi connectivity index (χ1) is 4.34. The Hall–Kier alpha value is -0.110. The first-order valence-corrected chi connectivity index (χ1v) is 3.56. The van der Waals surface area contributed by atoms with Crippen LogP contribution in [-0.2, 0) is 4.74 Å². The third-order valence-corrected chi connectivity index (χ3v) is 1.87. The van der Waals surface area contributed by atoms with Crippen LogP contribution in [0.1, 0.15) is 19.8 Å². The molecular weight excluding hydrogens is 119 g/mol. The predicted molar refractivity (Wildman–Crippen MR) is 34.1 cm³/mol. The number of rotatable bonds is 2. The molecule has 1 heterocycles. The average Bonchev–Trinajstić information content (AvgIpc) is 2.37. The zero-order valence-corrected chi connectivity index (χ0v) is 5.77. The van der Waals surface area contributed by atoms with E-state index in [2.05, 4.69) is 0 Å². The number of halogens is 1. The molecule has 2 atom stereocenters. The molecule has 0 spiro atoms. The quantitative estimate of drug-likeness (QED) is 0.556. The van der Waals surface area contributed by atoms with Gasteiger partial charge in [0, 0.05) is 12.5 Å². The van der Waals surface area contributed by atoms with E-state index in [1.807, 2.05) is 6.92 Å². The van der Waals surface area contributed by atoms with Gasteiger partial charge in [0.15, 0.2) is 0 Å². The number of hydrogen-bond donors (Lipinski definition) is 0. The van der Waals surface area contributed by atoms with Gasteiger partial charge in [-0.15, -0.1) is 0 Å². The van der Waals surface area contributed by atoms with Gasteiger partial charge in [-0.05, 0) is 12.8 Å². The Labute approximate surface area is 55.2 Å². The molecule has 0 radical (unpaired) electrons. The fraction of sp³-hybridized carbons (Fsp3) is 1.00. The summed E-state index contributed by atoms with van der Waals surface area (Å²) < 4.78 is 17.8. The van der Waals surface area contributed by atoms with Crippen molar-refractivity contribution >= 4 is 0 Å². The van der Waals surface area contributed by atoms with Crippen LogP contribution in [0.5, 0.6) is 0 Å². The minimum absolute atomic E-state index is 0.190. The maximum Gasteiger partial charge on any atom is 0.105 e. The Kier molecular flexibility index (Phi) is 2.46. The van der Waals surface area contributed by atoms with Crippen molar-refractivity contribution in [3.05, 3.63) is 0 Å². The van der Waals surface area contributed by atoms with Crippen molar-refractivity contribution < 1.29 is 9.13 Å². The van der Waals surface area contributed by atoms with Crippen molar-refractivity contribution in [3.8, 4) is 0 Å². The summed E-state index contributed by atoms with van der Waals surface area (Å²) in [6, 6.07) is 0. The highest BCUT2D eigenvalue weighted by molar-refractivity contribution is 4.71. The van der Waals surface area contributed by atoms with Crippen LogP contribution in [-0.4, -0.2) is 19.4 Å². The van der Waals surface area contributed by atoms with Crippen molar-refractivity contribution in [2.45, 2.75) is 25.9 Å². The Morgan fingerprint density at radius 3 is 3.00 bits per heavy atom. The molecule has 0 aromatic rings. The van der Waals surface area contributed by atoms with E-state index in [0.29, 0.717) is 13.0 Å². The van der Waals surface area contributed by atoms with E-state index in [1.54, 1.807) is 0 Å².